The van der Waals surface area contributed by atoms with Crippen LogP contribution in [0.4, 0.5) is 5.69 Å². The Labute approximate surface area is 148 Å². The first-order chi connectivity index (χ1) is 11.4. The molecule has 3 N–H and O–H groups in total. The van der Waals surface area contributed by atoms with Crippen molar-refractivity contribution in [2.45, 2.75) is 11.4 Å². The van der Waals surface area contributed by atoms with E-state index in [4.69, 9.17) is 14.7 Å². The van der Waals surface area contributed by atoms with Crippen LogP contribution < -0.4 is 19.7 Å². The Bertz CT molecular complexity index is 827. The molecule has 0 saturated heterocycles. The molecular weight excluding hydrogens is 400 g/mol. The molecule has 0 aliphatic heterocycles. The van der Waals surface area contributed by atoms with Crippen molar-refractivity contribution < 1.29 is 23.1 Å². The zero-order valence-corrected chi connectivity index (χ0v) is 15.4. The Morgan fingerprint density at radius 1 is 1.12 bits per heavy atom. The summed E-state index contributed by atoms with van der Waals surface area (Å²) in [6.07, 6.45) is 0. The van der Waals surface area contributed by atoms with Crippen LogP contribution in [-0.4, -0.2) is 27.8 Å². The Morgan fingerprint density at radius 2 is 1.88 bits per heavy atom. The van der Waals surface area contributed by atoms with Gasteiger partial charge in [-0.3, -0.25) is 10.7 Å². The predicted molar refractivity (Wildman–Crippen MR) is 93.1 cm³/mol. The van der Waals surface area contributed by atoms with Crippen LogP contribution in [0.25, 0.3) is 0 Å². The van der Waals surface area contributed by atoms with Crippen LogP contribution in [0, 0.1) is 0 Å². The lowest BCUT2D eigenvalue weighted by atomic mass is 10.2. The van der Waals surface area contributed by atoms with Crippen molar-refractivity contribution in [3.05, 3.63) is 46.4 Å². The van der Waals surface area contributed by atoms with Gasteiger partial charge in [-0.15, -0.1) is 0 Å². The maximum Gasteiger partial charge on any atom is 0.242 e. The molecule has 0 heterocycles. The summed E-state index contributed by atoms with van der Waals surface area (Å²) in [4.78, 5) is 0.00836. The number of hydrogen-bond donors (Lipinski definition) is 3. The predicted octanol–water partition coefficient (Wildman–Crippen LogP) is 2.75. The van der Waals surface area contributed by atoms with Gasteiger partial charge in [0.2, 0.25) is 10.0 Å². The smallest absolute Gasteiger partial charge is 0.242 e. The van der Waals surface area contributed by atoms with Gasteiger partial charge in [-0.25, -0.2) is 13.1 Å². The molecular formula is C15H17BrN2O5S. The summed E-state index contributed by atoms with van der Waals surface area (Å²) >= 11 is 3.20. The molecule has 2 aromatic carbocycles. The third-order valence-electron chi connectivity index (χ3n) is 3.30. The van der Waals surface area contributed by atoms with Crippen LogP contribution in [0.3, 0.4) is 0 Å². The van der Waals surface area contributed by atoms with Crippen molar-refractivity contribution >= 4 is 31.6 Å². The molecule has 7 nitrogen and oxygen atoms in total. The molecule has 0 aliphatic carbocycles. The summed E-state index contributed by atoms with van der Waals surface area (Å²) in [5.41, 5.74) is 2.85. The molecule has 0 amide bonds. The van der Waals surface area contributed by atoms with Gasteiger partial charge < -0.3 is 9.47 Å². The monoisotopic (exact) mass is 416 g/mol. The van der Waals surface area contributed by atoms with Crippen molar-refractivity contribution in [2.75, 3.05) is 19.7 Å². The van der Waals surface area contributed by atoms with Gasteiger partial charge in [0.15, 0.2) is 0 Å². The Balaban J connectivity index is 2.25. The summed E-state index contributed by atoms with van der Waals surface area (Å²) in [5.74, 6) is 1.13. The highest BCUT2D eigenvalue weighted by atomic mass is 79.9. The van der Waals surface area contributed by atoms with E-state index in [1.807, 2.05) is 5.48 Å². The highest BCUT2D eigenvalue weighted by molar-refractivity contribution is 9.10. The minimum atomic E-state index is -3.80. The van der Waals surface area contributed by atoms with Crippen molar-refractivity contribution in [3.8, 4) is 11.5 Å². The van der Waals surface area contributed by atoms with Gasteiger partial charge in [0, 0.05) is 22.6 Å². The Kier molecular flexibility index (Phi) is 6.05. The maximum atomic E-state index is 12.5. The van der Waals surface area contributed by atoms with E-state index in [9.17, 15) is 8.42 Å². The number of ether oxygens (including phenoxy) is 2. The van der Waals surface area contributed by atoms with Crippen LogP contribution in [0.15, 0.2) is 45.8 Å². The van der Waals surface area contributed by atoms with Crippen molar-refractivity contribution in [1.29, 1.82) is 0 Å². The fraction of sp³-hybridized carbons (Fsp3) is 0.200. The molecule has 0 aromatic heterocycles. The van der Waals surface area contributed by atoms with Gasteiger partial charge in [0.1, 0.15) is 11.5 Å². The molecule has 0 unspecified atom stereocenters. The van der Waals surface area contributed by atoms with Gasteiger partial charge >= 0.3 is 0 Å². The van der Waals surface area contributed by atoms with Gasteiger partial charge in [0.05, 0.1) is 24.8 Å². The summed E-state index contributed by atoms with van der Waals surface area (Å²) in [5, 5.41) is 8.94. The average Bonchev–Trinajstić information content (AvgIpc) is 2.60. The average molecular weight is 417 g/mol. The maximum absolute atomic E-state index is 12.5. The molecule has 0 radical (unpaired) electrons. The third-order valence-corrected chi connectivity index (χ3v) is 5.69. The zero-order chi connectivity index (χ0) is 17.7. The lowest BCUT2D eigenvalue weighted by molar-refractivity contribution is 0.388. The molecule has 0 atom stereocenters. The molecule has 24 heavy (non-hydrogen) atoms. The van der Waals surface area contributed by atoms with Crippen molar-refractivity contribution in [2.24, 2.45) is 0 Å². The highest BCUT2D eigenvalue weighted by Gasteiger charge is 2.19. The van der Waals surface area contributed by atoms with E-state index in [0.717, 1.165) is 0 Å². The van der Waals surface area contributed by atoms with Gasteiger partial charge in [-0.2, -0.15) is 0 Å². The van der Waals surface area contributed by atoms with E-state index >= 15 is 0 Å². The molecule has 0 saturated carbocycles. The molecule has 2 aromatic rings. The zero-order valence-electron chi connectivity index (χ0n) is 13.0. The number of rotatable bonds is 7. The number of hydrogen-bond acceptors (Lipinski definition) is 6. The molecule has 0 fully saturated rings. The number of sulfonamides is 1. The molecule has 0 bridgehead atoms. The first-order valence-electron chi connectivity index (χ1n) is 6.81. The van der Waals surface area contributed by atoms with Gasteiger partial charge in [-0.1, -0.05) is 6.07 Å². The van der Waals surface area contributed by atoms with E-state index in [0.29, 0.717) is 21.5 Å². The topological polar surface area (TPSA) is 96.9 Å². The Hall–Kier alpha value is -1.81. The van der Waals surface area contributed by atoms with E-state index in [1.165, 1.54) is 32.4 Å². The summed E-state index contributed by atoms with van der Waals surface area (Å²) in [6.45, 7) is 0.0404. The fourth-order valence-electron chi connectivity index (χ4n) is 2.03. The third kappa shape index (κ3) is 4.18. The lowest BCUT2D eigenvalue weighted by Crippen LogP contribution is -2.24. The fourth-order valence-corrected chi connectivity index (χ4v) is 4.02. The molecule has 2 rings (SSSR count). The number of benzene rings is 2. The van der Waals surface area contributed by atoms with Crippen LogP contribution in [0.1, 0.15) is 5.56 Å². The molecule has 9 heteroatoms. The second-order valence-electron chi connectivity index (χ2n) is 4.76. The van der Waals surface area contributed by atoms with Crippen LogP contribution in [0.5, 0.6) is 11.5 Å². The summed E-state index contributed by atoms with van der Waals surface area (Å²) < 4.78 is 38.3. The SMILES string of the molecule is COc1ccc(CNS(=O)(=O)c2cc(NO)ccc2Br)c(OC)c1. The van der Waals surface area contributed by atoms with E-state index in [1.54, 1.807) is 18.2 Å². The number of methoxy groups -OCH3 is 2. The van der Waals surface area contributed by atoms with Gasteiger partial charge in [0.25, 0.3) is 0 Å². The number of halogens is 1. The van der Waals surface area contributed by atoms with E-state index < -0.39 is 10.0 Å². The summed E-state index contributed by atoms with van der Waals surface area (Å²) in [6, 6.07) is 9.50. The second-order valence-corrected chi connectivity index (χ2v) is 7.35. The van der Waals surface area contributed by atoms with Crippen molar-refractivity contribution in [1.82, 2.24) is 4.72 Å². The summed E-state index contributed by atoms with van der Waals surface area (Å²) in [7, 11) is -0.759. The first-order valence-corrected chi connectivity index (χ1v) is 9.09. The standard InChI is InChI=1S/C15H17BrN2O5S/c1-22-12-5-3-10(14(8-12)23-2)9-17-24(20,21)15-7-11(18-19)4-6-13(15)16/h3-8,17-19H,9H2,1-2H3. The van der Waals surface area contributed by atoms with Crippen LogP contribution in [0.2, 0.25) is 0 Å². The van der Waals surface area contributed by atoms with Crippen LogP contribution >= 0.6 is 15.9 Å². The van der Waals surface area contributed by atoms with Crippen molar-refractivity contribution in [3.63, 3.8) is 0 Å². The molecule has 0 spiro atoms. The van der Waals surface area contributed by atoms with E-state index in [-0.39, 0.29) is 17.1 Å². The highest BCUT2D eigenvalue weighted by Crippen LogP contribution is 2.27. The lowest BCUT2D eigenvalue weighted by Gasteiger charge is -2.13. The minimum Gasteiger partial charge on any atom is -0.497 e. The quantitative estimate of drug-likeness (QED) is 0.600. The molecule has 130 valence electrons. The Morgan fingerprint density at radius 3 is 2.50 bits per heavy atom. The largest absolute Gasteiger partial charge is 0.497 e. The van der Waals surface area contributed by atoms with Gasteiger partial charge in [-0.05, 0) is 40.2 Å². The number of anilines is 1. The molecule has 0 aliphatic rings. The van der Waals surface area contributed by atoms with Crippen LogP contribution in [-0.2, 0) is 16.6 Å². The second kappa shape index (κ2) is 7.84. The van der Waals surface area contributed by atoms with E-state index in [2.05, 4.69) is 20.7 Å². The normalized spacial score (nSPS) is 11.2. The minimum absolute atomic E-state index is 0.00836. The first kappa shape index (κ1) is 18.5. The number of nitrogens with one attached hydrogen (secondary N) is 2.